The largest absolute Gasteiger partial charge is 0.495 e. The van der Waals surface area contributed by atoms with Crippen molar-refractivity contribution in [1.29, 1.82) is 0 Å². The second-order valence-corrected chi connectivity index (χ2v) is 9.08. The fraction of sp³-hybridized carbons (Fsp3) is 0.316. The highest BCUT2D eigenvalue weighted by atomic mass is 35.5. The number of halogens is 2. The van der Waals surface area contributed by atoms with Crippen LogP contribution in [0.5, 0.6) is 5.75 Å². The number of carbonyl (C=O) groups is 1. The summed E-state index contributed by atoms with van der Waals surface area (Å²) in [6.07, 6.45) is 1.05. The molecule has 28 heavy (non-hydrogen) atoms. The zero-order chi connectivity index (χ0) is 21.1. The number of ether oxygens (including phenoxy) is 1. The van der Waals surface area contributed by atoms with Crippen LogP contribution in [0.1, 0.15) is 12.5 Å². The first-order valence-corrected chi connectivity index (χ1v) is 11.0. The van der Waals surface area contributed by atoms with Crippen molar-refractivity contribution in [2.45, 2.75) is 19.5 Å². The van der Waals surface area contributed by atoms with E-state index >= 15 is 0 Å². The number of nitrogens with zero attached hydrogens (tertiary/aromatic N) is 2. The summed E-state index contributed by atoms with van der Waals surface area (Å²) in [5.74, 6) is 0.0602. The Bertz CT molecular complexity index is 949. The van der Waals surface area contributed by atoms with E-state index in [1.54, 1.807) is 38.2 Å². The number of benzene rings is 2. The molecule has 0 spiro atoms. The first kappa shape index (κ1) is 22.3. The van der Waals surface area contributed by atoms with E-state index in [-0.39, 0.29) is 16.6 Å². The molecule has 9 heteroatoms. The van der Waals surface area contributed by atoms with Gasteiger partial charge in [0.15, 0.2) is 0 Å². The molecular weight excluding hydrogens is 423 g/mol. The second-order valence-electron chi connectivity index (χ2n) is 6.37. The second kappa shape index (κ2) is 9.03. The van der Waals surface area contributed by atoms with Crippen molar-refractivity contribution < 1.29 is 17.9 Å². The number of sulfonamides is 1. The summed E-state index contributed by atoms with van der Waals surface area (Å²) in [4.78, 5) is 14.4. The molecule has 2 aromatic rings. The van der Waals surface area contributed by atoms with Crippen molar-refractivity contribution >= 4 is 44.8 Å². The average molecular weight is 445 g/mol. The topological polar surface area (TPSA) is 66.9 Å². The number of carbonyl (C=O) groups excluding carboxylic acids is 1. The fourth-order valence-electron chi connectivity index (χ4n) is 2.86. The van der Waals surface area contributed by atoms with Crippen LogP contribution in [0, 0.1) is 0 Å². The van der Waals surface area contributed by atoms with Crippen LogP contribution in [0.25, 0.3) is 0 Å². The molecule has 0 fully saturated rings. The molecule has 0 bridgehead atoms. The maximum atomic E-state index is 12.9. The lowest BCUT2D eigenvalue weighted by Crippen LogP contribution is -2.48. The van der Waals surface area contributed by atoms with Gasteiger partial charge in [-0.15, -0.1) is 0 Å². The minimum atomic E-state index is -3.74. The van der Waals surface area contributed by atoms with Gasteiger partial charge in [0.05, 0.1) is 24.1 Å². The normalized spacial score (nSPS) is 12.4. The van der Waals surface area contributed by atoms with E-state index in [2.05, 4.69) is 0 Å². The van der Waals surface area contributed by atoms with Gasteiger partial charge < -0.3 is 9.64 Å². The summed E-state index contributed by atoms with van der Waals surface area (Å²) in [6.45, 7) is 1.86. The lowest BCUT2D eigenvalue weighted by Gasteiger charge is -2.31. The predicted octanol–water partition coefficient (Wildman–Crippen LogP) is 3.82. The van der Waals surface area contributed by atoms with Crippen molar-refractivity contribution in [2.24, 2.45) is 0 Å². The van der Waals surface area contributed by atoms with E-state index in [0.717, 1.165) is 16.1 Å². The van der Waals surface area contributed by atoms with E-state index in [1.165, 1.54) is 18.1 Å². The Labute approximate surface area is 175 Å². The molecule has 1 unspecified atom stereocenters. The Morgan fingerprint density at radius 1 is 1.14 bits per heavy atom. The van der Waals surface area contributed by atoms with Crippen molar-refractivity contribution in [3.05, 3.63) is 58.1 Å². The highest BCUT2D eigenvalue weighted by Crippen LogP contribution is 2.31. The molecule has 0 aromatic heterocycles. The maximum absolute atomic E-state index is 12.9. The smallest absolute Gasteiger partial charge is 0.246 e. The molecule has 1 amide bonds. The van der Waals surface area contributed by atoms with Crippen molar-refractivity contribution in [3.8, 4) is 5.75 Å². The third-order valence-corrected chi connectivity index (χ3v) is 5.95. The molecule has 0 N–H and O–H groups in total. The van der Waals surface area contributed by atoms with E-state index in [4.69, 9.17) is 27.9 Å². The zero-order valence-corrected chi connectivity index (χ0v) is 18.3. The SMILES string of the molecule is COc1ccc(N(C(C)C(=O)N(C)Cc2ccc(Cl)cc2)S(C)(=O)=O)cc1Cl. The summed E-state index contributed by atoms with van der Waals surface area (Å²) < 4.78 is 31.0. The molecule has 0 radical (unpaired) electrons. The Morgan fingerprint density at radius 3 is 2.25 bits per heavy atom. The lowest BCUT2D eigenvalue weighted by atomic mass is 10.2. The Hall–Kier alpha value is -1.96. The lowest BCUT2D eigenvalue weighted by molar-refractivity contribution is -0.131. The van der Waals surface area contributed by atoms with Crippen LogP contribution in [0.15, 0.2) is 42.5 Å². The molecule has 152 valence electrons. The van der Waals surface area contributed by atoms with Gasteiger partial charge in [-0.25, -0.2) is 8.42 Å². The molecule has 0 aliphatic carbocycles. The third-order valence-electron chi connectivity index (χ3n) is 4.17. The van der Waals surface area contributed by atoms with Gasteiger partial charge in [0.25, 0.3) is 0 Å². The van der Waals surface area contributed by atoms with E-state index in [0.29, 0.717) is 17.3 Å². The number of hydrogen-bond acceptors (Lipinski definition) is 4. The van der Waals surface area contributed by atoms with E-state index in [1.807, 2.05) is 12.1 Å². The Balaban J connectivity index is 2.29. The van der Waals surface area contributed by atoms with Crippen LogP contribution in [-0.4, -0.2) is 45.7 Å². The molecule has 2 aromatic carbocycles. The van der Waals surface area contributed by atoms with Crippen LogP contribution in [-0.2, 0) is 21.4 Å². The Kier molecular flexibility index (Phi) is 7.20. The number of rotatable bonds is 7. The monoisotopic (exact) mass is 444 g/mol. The molecule has 1 atom stereocenters. The van der Waals surface area contributed by atoms with Crippen LogP contribution >= 0.6 is 23.2 Å². The summed E-state index contributed by atoms with van der Waals surface area (Å²) in [5, 5.41) is 0.855. The van der Waals surface area contributed by atoms with Gasteiger partial charge in [-0.05, 0) is 42.8 Å². The number of hydrogen-bond donors (Lipinski definition) is 0. The molecule has 6 nitrogen and oxygen atoms in total. The summed E-state index contributed by atoms with van der Waals surface area (Å²) in [5.41, 5.74) is 1.17. The standard InChI is InChI=1S/C19H22Cl2N2O4S/c1-13(19(24)22(2)12-14-5-7-15(20)8-6-14)23(28(4,25)26)16-9-10-18(27-3)17(21)11-16/h5-11,13H,12H2,1-4H3. The molecular formula is C19H22Cl2N2O4S. The number of amides is 1. The van der Waals surface area contributed by atoms with E-state index in [9.17, 15) is 13.2 Å². The fourth-order valence-corrected chi connectivity index (χ4v) is 4.39. The number of anilines is 1. The first-order valence-electron chi connectivity index (χ1n) is 8.37. The van der Waals surface area contributed by atoms with Crippen LogP contribution in [0.2, 0.25) is 10.0 Å². The number of likely N-dealkylation sites (N-methyl/N-ethyl adjacent to an activating group) is 1. The third kappa shape index (κ3) is 5.31. The molecule has 0 aliphatic rings. The number of methoxy groups -OCH3 is 1. The predicted molar refractivity (Wildman–Crippen MR) is 113 cm³/mol. The van der Waals surface area contributed by atoms with Crippen LogP contribution < -0.4 is 9.04 Å². The van der Waals surface area contributed by atoms with Gasteiger partial charge >= 0.3 is 0 Å². The van der Waals surface area contributed by atoms with Crippen LogP contribution in [0.4, 0.5) is 5.69 Å². The summed E-state index contributed by atoms with van der Waals surface area (Å²) in [6, 6.07) is 10.7. The van der Waals surface area contributed by atoms with Crippen molar-refractivity contribution in [2.75, 3.05) is 24.7 Å². The van der Waals surface area contributed by atoms with Gasteiger partial charge in [0.2, 0.25) is 15.9 Å². The first-order chi connectivity index (χ1) is 13.0. The van der Waals surface area contributed by atoms with Gasteiger partial charge in [-0.1, -0.05) is 35.3 Å². The quantitative estimate of drug-likeness (QED) is 0.650. The summed E-state index contributed by atoms with van der Waals surface area (Å²) >= 11 is 12.0. The highest BCUT2D eigenvalue weighted by Gasteiger charge is 2.31. The van der Waals surface area contributed by atoms with Crippen LogP contribution in [0.3, 0.4) is 0 Å². The van der Waals surface area contributed by atoms with Gasteiger partial charge in [0.1, 0.15) is 11.8 Å². The summed E-state index contributed by atoms with van der Waals surface area (Å²) in [7, 11) is -0.656. The van der Waals surface area contributed by atoms with Crippen molar-refractivity contribution in [1.82, 2.24) is 4.90 Å². The average Bonchev–Trinajstić information content (AvgIpc) is 2.62. The van der Waals surface area contributed by atoms with Gasteiger partial charge in [-0.2, -0.15) is 0 Å². The molecule has 0 heterocycles. The zero-order valence-electron chi connectivity index (χ0n) is 16.0. The van der Waals surface area contributed by atoms with Gasteiger partial charge in [0, 0.05) is 18.6 Å². The molecule has 0 saturated carbocycles. The van der Waals surface area contributed by atoms with Gasteiger partial charge in [-0.3, -0.25) is 9.10 Å². The molecule has 2 rings (SSSR count). The minimum absolute atomic E-state index is 0.253. The van der Waals surface area contributed by atoms with Crippen molar-refractivity contribution in [3.63, 3.8) is 0 Å². The molecule has 0 aliphatic heterocycles. The minimum Gasteiger partial charge on any atom is -0.495 e. The molecule has 0 saturated heterocycles. The Morgan fingerprint density at radius 2 is 1.75 bits per heavy atom. The highest BCUT2D eigenvalue weighted by molar-refractivity contribution is 7.92. The van der Waals surface area contributed by atoms with E-state index < -0.39 is 16.1 Å². The maximum Gasteiger partial charge on any atom is 0.246 e.